The molecule has 1 aliphatic heterocycles. The number of carbonyl (C=O) groups excluding carboxylic acids is 1. The van der Waals surface area contributed by atoms with Crippen LogP contribution in [0.25, 0.3) is 10.8 Å². The van der Waals surface area contributed by atoms with Crippen molar-refractivity contribution in [2.24, 2.45) is 5.92 Å². The van der Waals surface area contributed by atoms with E-state index in [9.17, 15) is 9.59 Å². The molecule has 0 spiro atoms. The van der Waals surface area contributed by atoms with E-state index in [1.807, 2.05) is 67.1 Å². The summed E-state index contributed by atoms with van der Waals surface area (Å²) in [6, 6.07) is 13.3. The highest BCUT2D eigenvalue weighted by atomic mass is 16.1. The summed E-state index contributed by atoms with van der Waals surface area (Å²) in [5, 5.41) is 4.43. The molecule has 30 heavy (non-hydrogen) atoms. The maximum atomic E-state index is 13.1. The summed E-state index contributed by atoms with van der Waals surface area (Å²) >= 11 is 0. The van der Waals surface area contributed by atoms with Crippen molar-refractivity contribution in [2.45, 2.75) is 33.2 Å². The fraction of sp³-hybridized carbons (Fsp3) is 0.360. The summed E-state index contributed by atoms with van der Waals surface area (Å²) in [5.74, 6) is 0.378. The second-order valence-corrected chi connectivity index (χ2v) is 8.56. The van der Waals surface area contributed by atoms with Gasteiger partial charge in [-0.15, -0.1) is 0 Å². The third-order valence-corrected chi connectivity index (χ3v) is 6.20. The molecule has 0 bridgehead atoms. The van der Waals surface area contributed by atoms with Gasteiger partial charge in [-0.2, -0.15) is 0 Å². The average molecular weight is 404 g/mol. The zero-order valence-electron chi connectivity index (χ0n) is 17.9. The van der Waals surface area contributed by atoms with Gasteiger partial charge in [-0.3, -0.25) is 9.59 Å². The zero-order chi connectivity index (χ0) is 21.3. The smallest absolute Gasteiger partial charge is 0.258 e. The lowest BCUT2D eigenvalue weighted by Crippen LogP contribution is -2.33. The van der Waals surface area contributed by atoms with Gasteiger partial charge in [-0.1, -0.05) is 23.8 Å². The maximum absolute atomic E-state index is 13.1. The SMILES string of the molecule is Cc1ccc(C)c(C(=O)Nc2cccc3c(=O)n(CC4CCN(C)CC4)ccc23)c1. The van der Waals surface area contributed by atoms with Gasteiger partial charge in [-0.25, -0.2) is 0 Å². The zero-order valence-corrected chi connectivity index (χ0v) is 17.9. The average Bonchev–Trinajstić information content (AvgIpc) is 2.73. The van der Waals surface area contributed by atoms with Crippen LogP contribution in [0.1, 0.15) is 34.3 Å². The topological polar surface area (TPSA) is 54.3 Å². The Morgan fingerprint density at radius 1 is 1.07 bits per heavy atom. The Kier molecular flexibility index (Phi) is 5.73. The molecule has 0 radical (unpaired) electrons. The van der Waals surface area contributed by atoms with Gasteiger partial charge in [0, 0.05) is 34.8 Å². The highest BCUT2D eigenvalue weighted by Crippen LogP contribution is 2.23. The highest BCUT2D eigenvalue weighted by molar-refractivity contribution is 6.09. The second-order valence-electron chi connectivity index (χ2n) is 8.56. The lowest BCUT2D eigenvalue weighted by Gasteiger charge is -2.29. The van der Waals surface area contributed by atoms with Crippen LogP contribution >= 0.6 is 0 Å². The van der Waals surface area contributed by atoms with Crippen LogP contribution in [0.15, 0.2) is 53.5 Å². The van der Waals surface area contributed by atoms with E-state index in [0.717, 1.165) is 49.0 Å². The maximum Gasteiger partial charge on any atom is 0.258 e. The highest BCUT2D eigenvalue weighted by Gasteiger charge is 2.18. The Hall–Kier alpha value is -2.92. The summed E-state index contributed by atoms with van der Waals surface area (Å²) < 4.78 is 1.83. The molecule has 1 aromatic heterocycles. The van der Waals surface area contributed by atoms with Crippen molar-refractivity contribution < 1.29 is 4.79 Å². The van der Waals surface area contributed by atoms with Gasteiger partial charge in [0.25, 0.3) is 11.5 Å². The molecular weight excluding hydrogens is 374 g/mol. The molecule has 0 atom stereocenters. The molecule has 1 fully saturated rings. The first-order chi connectivity index (χ1) is 14.4. The van der Waals surface area contributed by atoms with E-state index < -0.39 is 0 Å². The van der Waals surface area contributed by atoms with Crippen molar-refractivity contribution in [1.82, 2.24) is 9.47 Å². The van der Waals surface area contributed by atoms with Crippen molar-refractivity contribution in [3.05, 3.63) is 75.7 Å². The van der Waals surface area contributed by atoms with E-state index in [1.54, 1.807) is 0 Å². The lowest BCUT2D eigenvalue weighted by molar-refractivity contribution is 0.102. The Labute approximate surface area is 177 Å². The molecule has 1 N–H and O–H groups in total. The molecule has 1 saturated heterocycles. The third kappa shape index (κ3) is 4.17. The van der Waals surface area contributed by atoms with Crippen molar-refractivity contribution in [3.8, 4) is 0 Å². The third-order valence-electron chi connectivity index (χ3n) is 6.20. The van der Waals surface area contributed by atoms with E-state index in [2.05, 4.69) is 17.3 Å². The number of nitrogens with zero attached hydrogens (tertiary/aromatic N) is 2. The van der Waals surface area contributed by atoms with Crippen molar-refractivity contribution in [2.75, 3.05) is 25.5 Å². The number of benzene rings is 2. The number of pyridine rings is 1. The summed E-state index contributed by atoms with van der Waals surface area (Å²) in [6.45, 7) is 6.82. The van der Waals surface area contributed by atoms with Gasteiger partial charge in [0.15, 0.2) is 0 Å². The van der Waals surface area contributed by atoms with Crippen LogP contribution in [-0.2, 0) is 6.54 Å². The second kappa shape index (κ2) is 8.44. The molecule has 2 heterocycles. The first-order valence-corrected chi connectivity index (χ1v) is 10.6. The van der Waals surface area contributed by atoms with Crippen LogP contribution in [0.4, 0.5) is 5.69 Å². The molecule has 156 valence electrons. The van der Waals surface area contributed by atoms with Crippen LogP contribution in [0.5, 0.6) is 0 Å². The molecule has 3 aromatic rings. The van der Waals surface area contributed by atoms with E-state index in [-0.39, 0.29) is 11.5 Å². The number of anilines is 1. The van der Waals surface area contributed by atoms with Gasteiger partial charge in [-0.05, 0) is 82.6 Å². The van der Waals surface area contributed by atoms with Crippen LogP contribution in [0.3, 0.4) is 0 Å². The minimum absolute atomic E-state index is 0.00858. The number of aryl methyl sites for hydroxylation is 2. The predicted molar refractivity (Wildman–Crippen MR) is 122 cm³/mol. The largest absolute Gasteiger partial charge is 0.321 e. The summed E-state index contributed by atoms with van der Waals surface area (Å²) in [7, 11) is 2.15. The Morgan fingerprint density at radius 2 is 1.83 bits per heavy atom. The first-order valence-electron chi connectivity index (χ1n) is 10.6. The number of amides is 1. The number of aromatic nitrogens is 1. The Balaban J connectivity index is 1.61. The minimum Gasteiger partial charge on any atom is -0.321 e. The minimum atomic E-state index is -0.154. The van der Waals surface area contributed by atoms with E-state index in [0.29, 0.717) is 22.6 Å². The molecule has 5 heteroatoms. The number of hydrogen-bond donors (Lipinski definition) is 1. The molecular formula is C25H29N3O2. The van der Waals surface area contributed by atoms with Crippen molar-refractivity contribution in [3.63, 3.8) is 0 Å². The molecule has 2 aromatic carbocycles. The van der Waals surface area contributed by atoms with Crippen LogP contribution in [0, 0.1) is 19.8 Å². The van der Waals surface area contributed by atoms with E-state index >= 15 is 0 Å². The van der Waals surface area contributed by atoms with Gasteiger partial charge in [0.05, 0.1) is 0 Å². The van der Waals surface area contributed by atoms with Crippen LogP contribution in [-0.4, -0.2) is 35.5 Å². The monoisotopic (exact) mass is 403 g/mol. The van der Waals surface area contributed by atoms with E-state index in [4.69, 9.17) is 0 Å². The summed E-state index contributed by atoms with van der Waals surface area (Å²) in [5.41, 5.74) is 3.30. The summed E-state index contributed by atoms with van der Waals surface area (Å²) in [6.07, 6.45) is 4.11. The molecule has 0 unspecified atom stereocenters. The molecule has 5 nitrogen and oxygen atoms in total. The fourth-order valence-corrected chi connectivity index (χ4v) is 4.26. The molecule has 0 saturated carbocycles. The quantitative estimate of drug-likeness (QED) is 0.710. The standard InChI is InChI=1S/C25H29N3O2/c1-17-7-8-18(2)22(15-17)24(29)26-23-6-4-5-21-20(23)11-14-28(25(21)30)16-19-9-12-27(3)13-10-19/h4-8,11,14-15,19H,9-10,12-13,16H2,1-3H3,(H,26,29). The van der Waals surface area contributed by atoms with E-state index in [1.165, 1.54) is 0 Å². The fourth-order valence-electron chi connectivity index (χ4n) is 4.26. The van der Waals surface area contributed by atoms with Crippen LogP contribution < -0.4 is 10.9 Å². The number of piperidine rings is 1. The van der Waals surface area contributed by atoms with Gasteiger partial charge in [0.2, 0.25) is 0 Å². The van der Waals surface area contributed by atoms with Gasteiger partial charge < -0.3 is 14.8 Å². The number of nitrogens with one attached hydrogen (secondary N) is 1. The number of fused-ring (bicyclic) bond motifs is 1. The number of likely N-dealkylation sites (tertiary alicyclic amines) is 1. The summed E-state index contributed by atoms with van der Waals surface area (Å²) in [4.78, 5) is 28.3. The predicted octanol–water partition coefficient (Wildman–Crippen LogP) is 4.21. The Morgan fingerprint density at radius 3 is 2.60 bits per heavy atom. The van der Waals surface area contributed by atoms with Crippen molar-refractivity contribution >= 4 is 22.4 Å². The van der Waals surface area contributed by atoms with Gasteiger partial charge >= 0.3 is 0 Å². The molecule has 1 aliphatic rings. The Bertz CT molecular complexity index is 1140. The number of rotatable bonds is 4. The normalized spacial score (nSPS) is 15.4. The molecule has 4 rings (SSSR count). The first kappa shape index (κ1) is 20.4. The number of carbonyl (C=O) groups is 1. The number of hydrogen-bond acceptors (Lipinski definition) is 3. The molecule has 1 amide bonds. The van der Waals surface area contributed by atoms with Crippen LogP contribution in [0.2, 0.25) is 0 Å². The lowest BCUT2D eigenvalue weighted by atomic mass is 9.97. The molecule has 0 aliphatic carbocycles. The van der Waals surface area contributed by atoms with Crippen molar-refractivity contribution in [1.29, 1.82) is 0 Å². The van der Waals surface area contributed by atoms with Gasteiger partial charge in [0.1, 0.15) is 0 Å².